The average Bonchev–Trinajstić information content (AvgIpc) is 2.56. The van der Waals surface area contributed by atoms with Crippen molar-refractivity contribution in [3.05, 3.63) is 33.4 Å². The van der Waals surface area contributed by atoms with Crippen LogP contribution >= 0.6 is 46.6 Å². The number of halogens is 3. The molecule has 25 heavy (non-hydrogen) atoms. The van der Waals surface area contributed by atoms with E-state index in [9.17, 15) is 8.42 Å². The van der Waals surface area contributed by atoms with E-state index in [1.165, 1.54) is 37.1 Å². The Bertz CT molecular complexity index is 881. The summed E-state index contributed by atoms with van der Waals surface area (Å²) in [6.45, 7) is 0.423. The van der Waals surface area contributed by atoms with Crippen LogP contribution in [-0.4, -0.2) is 37.8 Å². The first-order chi connectivity index (χ1) is 11.8. The Labute approximate surface area is 164 Å². The topological polar surface area (TPSA) is 107 Å². The van der Waals surface area contributed by atoms with E-state index in [1.807, 2.05) is 0 Å². The van der Waals surface area contributed by atoms with Crippen LogP contribution in [0, 0.1) is 0 Å². The number of methoxy groups -OCH3 is 1. The zero-order valence-electron chi connectivity index (χ0n) is 12.8. The lowest BCUT2D eigenvalue weighted by molar-refractivity contribution is 0.394. The second-order valence-corrected chi connectivity index (χ2v) is 8.35. The smallest absolute Gasteiger partial charge is 0.264 e. The van der Waals surface area contributed by atoms with E-state index in [0.29, 0.717) is 17.3 Å². The molecule has 0 saturated heterocycles. The van der Waals surface area contributed by atoms with Crippen LogP contribution in [0.25, 0.3) is 0 Å². The quantitative estimate of drug-likeness (QED) is 0.632. The van der Waals surface area contributed by atoms with Crippen LogP contribution in [0.1, 0.15) is 0 Å². The van der Waals surface area contributed by atoms with Crippen molar-refractivity contribution in [1.29, 1.82) is 0 Å². The van der Waals surface area contributed by atoms with Gasteiger partial charge in [-0.3, -0.25) is 4.72 Å². The Balaban J connectivity index is 2.41. The first-order valence-corrected chi connectivity index (χ1v) is 10.3. The van der Waals surface area contributed by atoms with Crippen molar-refractivity contribution < 1.29 is 13.2 Å². The van der Waals surface area contributed by atoms with E-state index in [1.54, 1.807) is 0 Å². The molecule has 0 aliphatic heterocycles. The van der Waals surface area contributed by atoms with E-state index in [-0.39, 0.29) is 31.8 Å². The number of nitrogens with zero attached hydrogens (tertiary/aromatic N) is 2. The van der Waals surface area contributed by atoms with Gasteiger partial charge in [-0.25, -0.2) is 18.4 Å². The Kier molecular flexibility index (Phi) is 7.01. The monoisotopic (exact) mass is 442 g/mol. The molecule has 7 nitrogen and oxygen atoms in total. The van der Waals surface area contributed by atoms with E-state index < -0.39 is 10.0 Å². The SMILES string of the molecule is COc1nc(SCCN)c(Cl)nc1NS(=O)(=O)c1cccc(Cl)c1Cl. The third-order valence-corrected chi connectivity index (χ3v) is 6.46. The van der Waals surface area contributed by atoms with Gasteiger partial charge in [0.15, 0.2) is 5.15 Å². The summed E-state index contributed by atoms with van der Waals surface area (Å²) in [5.41, 5.74) is 5.44. The van der Waals surface area contributed by atoms with Gasteiger partial charge in [0.1, 0.15) is 9.92 Å². The minimum atomic E-state index is -4.08. The molecule has 0 atom stereocenters. The zero-order valence-corrected chi connectivity index (χ0v) is 16.7. The molecule has 2 rings (SSSR count). The second-order valence-electron chi connectivity index (χ2n) is 4.47. The third-order valence-electron chi connectivity index (χ3n) is 2.78. The number of hydrogen-bond donors (Lipinski definition) is 2. The number of anilines is 1. The summed E-state index contributed by atoms with van der Waals surface area (Å²) >= 11 is 19.2. The van der Waals surface area contributed by atoms with Crippen LogP contribution in [0.15, 0.2) is 28.1 Å². The number of sulfonamides is 1. The van der Waals surface area contributed by atoms with Crippen molar-refractivity contribution in [2.45, 2.75) is 9.92 Å². The number of hydrogen-bond acceptors (Lipinski definition) is 7. The largest absolute Gasteiger partial charge is 0.478 e. The number of aromatic nitrogens is 2. The fraction of sp³-hybridized carbons (Fsp3) is 0.231. The number of thioether (sulfide) groups is 1. The highest BCUT2D eigenvalue weighted by atomic mass is 35.5. The molecule has 2 aromatic rings. The molecule has 136 valence electrons. The summed E-state index contributed by atoms with van der Waals surface area (Å²) in [4.78, 5) is 7.96. The van der Waals surface area contributed by atoms with Crippen LogP contribution in [0.4, 0.5) is 5.82 Å². The molecule has 1 aromatic heterocycles. The number of rotatable bonds is 7. The molecule has 12 heteroatoms. The summed E-state index contributed by atoms with van der Waals surface area (Å²) in [5, 5.41) is 0.404. The maximum atomic E-state index is 12.6. The summed E-state index contributed by atoms with van der Waals surface area (Å²) in [7, 11) is -2.75. The van der Waals surface area contributed by atoms with Crippen LogP contribution < -0.4 is 15.2 Å². The summed E-state index contributed by atoms with van der Waals surface area (Å²) in [6, 6.07) is 4.25. The third kappa shape index (κ3) is 4.81. The molecule has 3 N–H and O–H groups in total. The fourth-order valence-corrected chi connectivity index (χ4v) is 4.39. The van der Waals surface area contributed by atoms with Crippen molar-refractivity contribution in [1.82, 2.24) is 9.97 Å². The van der Waals surface area contributed by atoms with E-state index in [2.05, 4.69) is 14.7 Å². The van der Waals surface area contributed by atoms with Crippen LogP contribution in [0.3, 0.4) is 0 Å². The maximum absolute atomic E-state index is 12.6. The van der Waals surface area contributed by atoms with E-state index in [0.717, 1.165) is 0 Å². The number of benzene rings is 1. The molecule has 0 spiro atoms. The Hall–Kier alpha value is -0.970. The van der Waals surface area contributed by atoms with Gasteiger partial charge in [0.2, 0.25) is 5.82 Å². The predicted octanol–water partition coefficient (Wildman–Crippen LogP) is 3.30. The molecular weight excluding hydrogens is 431 g/mol. The number of nitrogens with two attached hydrogens (primary N) is 1. The predicted molar refractivity (Wildman–Crippen MR) is 101 cm³/mol. The Morgan fingerprint density at radius 3 is 2.64 bits per heavy atom. The summed E-state index contributed by atoms with van der Waals surface area (Å²) in [5.74, 6) is 0.368. The molecule has 1 aromatic carbocycles. The summed E-state index contributed by atoms with van der Waals surface area (Å²) in [6.07, 6.45) is 0. The normalized spacial score (nSPS) is 11.4. The zero-order chi connectivity index (χ0) is 18.6. The molecule has 0 saturated carbocycles. The Morgan fingerprint density at radius 1 is 1.28 bits per heavy atom. The lowest BCUT2D eigenvalue weighted by Crippen LogP contribution is -2.16. The molecule has 0 aliphatic rings. The van der Waals surface area contributed by atoms with E-state index >= 15 is 0 Å². The van der Waals surface area contributed by atoms with Gasteiger partial charge in [-0.1, -0.05) is 40.9 Å². The standard InChI is InChI=1S/C13H13Cl3N4O3S2/c1-23-12-11(18-10(16)13(19-12)24-6-5-17)20-25(21,22)8-4-2-3-7(14)9(8)15/h2-4H,5-6,17H2,1H3,(H,18,20). The molecule has 0 amide bonds. The van der Waals surface area contributed by atoms with Crippen LogP contribution in [0.5, 0.6) is 5.88 Å². The van der Waals surface area contributed by atoms with Crippen molar-refractivity contribution >= 4 is 62.4 Å². The van der Waals surface area contributed by atoms with Crippen molar-refractivity contribution in [3.63, 3.8) is 0 Å². The molecule has 0 unspecified atom stereocenters. The summed E-state index contributed by atoms with van der Waals surface area (Å²) < 4.78 is 32.5. The van der Waals surface area contributed by atoms with Crippen molar-refractivity contribution in [2.75, 3.05) is 24.1 Å². The molecular formula is C13H13Cl3N4O3S2. The highest BCUT2D eigenvalue weighted by Crippen LogP contribution is 2.33. The highest BCUT2D eigenvalue weighted by molar-refractivity contribution is 7.99. The van der Waals surface area contributed by atoms with Crippen LogP contribution in [0.2, 0.25) is 15.2 Å². The number of ether oxygens (including phenoxy) is 1. The van der Waals surface area contributed by atoms with Crippen molar-refractivity contribution in [3.8, 4) is 5.88 Å². The maximum Gasteiger partial charge on any atom is 0.264 e. The van der Waals surface area contributed by atoms with Gasteiger partial charge in [-0.05, 0) is 12.1 Å². The fourth-order valence-electron chi connectivity index (χ4n) is 1.72. The molecule has 0 fully saturated rings. The molecule has 0 aliphatic carbocycles. The van der Waals surface area contributed by atoms with Gasteiger partial charge < -0.3 is 10.5 Å². The molecule has 1 heterocycles. The van der Waals surface area contributed by atoms with Gasteiger partial charge >= 0.3 is 0 Å². The van der Waals surface area contributed by atoms with Gasteiger partial charge in [0, 0.05) is 12.3 Å². The lowest BCUT2D eigenvalue weighted by Gasteiger charge is -2.13. The number of nitrogens with one attached hydrogen (secondary N) is 1. The van der Waals surface area contributed by atoms with Crippen LogP contribution in [-0.2, 0) is 10.0 Å². The lowest BCUT2D eigenvalue weighted by atomic mass is 10.4. The highest BCUT2D eigenvalue weighted by Gasteiger charge is 2.23. The minimum absolute atomic E-state index is 0.0224. The van der Waals surface area contributed by atoms with E-state index in [4.69, 9.17) is 45.3 Å². The van der Waals surface area contributed by atoms with Gasteiger partial charge in [-0.2, -0.15) is 0 Å². The first kappa shape index (κ1) is 20.3. The molecule has 0 bridgehead atoms. The average molecular weight is 444 g/mol. The van der Waals surface area contributed by atoms with Crippen molar-refractivity contribution in [2.24, 2.45) is 5.73 Å². The minimum Gasteiger partial charge on any atom is -0.478 e. The molecule has 0 radical (unpaired) electrons. The first-order valence-electron chi connectivity index (χ1n) is 6.71. The second kappa shape index (κ2) is 8.61. The van der Waals surface area contributed by atoms with Gasteiger partial charge in [0.25, 0.3) is 15.9 Å². The Morgan fingerprint density at radius 2 is 2.00 bits per heavy atom. The van der Waals surface area contributed by atoms with Gasteiger partial charge in [-0.15, -0.1) is 11.8 Å². The van der Waals surface area contributed by atoms with Gasteiger partial charge in [0.05, 0.1) is 17.2 Å².